The molecule has 0 bridgehead atoms. The number of halogens is 1. The number of carbonyl (C=O) groups excluding carboxylic acids is 2. The maximum Gasteiger partial charge on any atom is 0.225 e. The Morgan fingerprint density at radius 2 is 1.20 bits per heavy atom. The highest BCUT2D eigenvalue weighted by molar-refractivity contribution is 6.11. The predicted molar refractivity (Wildman–Crippen MR) is 180 cm³/mol. The van der Waals surface area contributed by atoms with Crippen LogP contribution in [-0.2, 0) is 16.1 Å². The third-order valence-electron chi connectivity index (χ3n) is 9.26. The summed E-state index contributed by atoms with van der Waals surface area (Å²) in [6.45, 7) is 8.93. The third kappa shape index (κ3) is 8.10. The number of nitrogens with zero attached hydrogens (tertiary/aromatic N) is 3. The molecule has 0 saturated carbocycles. The van der Waals surface area contributed by atoms with Crippen molar-refractivity contribution in [2.45, 2.75) is 64.8 Å². The van der Waals surface area contributed by atoms with Crippen molar-refractivity contribution >= 4 is 44.9 Å². The van der Waals surface area contributed by atoms with Gasteiger partial charge in [-0.3, -0.25) is 9.59 Å². The Balaban J connectivity index is 0.00000400. The van der Waals surface area contributed by atoms with Gasteiger partial charge in [-0.05, 0) is 95.2 Å². The minimum Gasteiger partial charge on any atom is -1.00 e. The normalized spacial score (nSPS) is 15.9. The molecule has 45 heavy (non-hydrogen) atoms. The monoisotopic (exact) mass is 671 g/mol. The fourth-order valence-electron chi connectivity index (χ4n) is 6.95. The van der Waals surface area contributed by atoms with E-state index in [1.54, 1.807) is 0 Å². The molecular weight excluding hydrogens is 626 g/mol. The summed E-state index contributed by atoms with van der Waals surface area (Å²) >= 11 is 0. The van der Waals surface area contributed by atoms with Gasteiger partial charge in [-0.2, -0.15) is 4.57 Å². The van der Waals surface area contributed by atoms with Crippen molar-refractivity contribution in [1.82, 2.24) is 9.80 Å². The van der Waals surface area contributed by atoms with E-state index in [1.807, 2.05) is 18.2 Å². The lowest BCUT2D eigenvalue weighted by Crippen LogP contribution is -3.00. The lowest BCUT2D eigenvalue weighted by molar-refractivity contribution is -0.655. The minimum absolute atomic E-state index is 0. The maximum atomic E-state index is 13.0. The summed E-state index contributed by atoms with van der Waals surface area (Å²) in [5.41, 5.74) is 4.93. The van der Waals surface area contributed by atoms with Gasteiger partial charge < -0.3 is 37.4 Å². The Bertz CT molecular complexity index is 1610. The fourth-order valence-corrected chi connectivity index (χ4v) is 6.95. The molecule has 6 rings (SSSR count). The number of rotatable bonds is 10. The van der Waals surface area contributed by atoms with E-state index >= 15 is 0 Å². The second-order valence-electron chi connectivity index (χ2n) is 12.4. The molecule has 0 radical (unpaired) electrons. The molecule has 2 fully saturated rings. The average molecular weight is 673 g/mol. The first-order valence-electron chi connectivity index (χ1n) is 16.6. The molecule has 0 atom stereocenters. The van der Waals surface area contributed by atoms with E-state index in [0.717, 1.165) is 90.1 Å². The van der Waals surface area contributed by atoms with Crippen molar-refractivity contribution in [1.29, 1.82) is 0 Å². The molecule has 1 aromatic heterocycles. The van der Waals surface area contributed by atoms with Gasteiger partial charge in [-0.25, -0.2) is 0 Å². The minimum atomic E-state index is 0. The number of anilines is 2. The topological polar surface area (TPSA) is 68.6 Å². The number of piperidine rings is 2. The maximum absolute atomic E-state index is 13.0. The molecule has 2 amide bonds. The summed E-state index contributed by atoms with van der Waals surface area (Å²) in [5, 5.41) is 9.69. The van der Waals surface area contributed by atoms with Gasteiger partial charge in [0.2, 0.25) is 23.0 Å². The number of hydrogen-bond donors (Lipinski definition) is 2. The van der Waals surface area contributed by atoms with Crippen LogP contribution in [0.1, 0.15) is 58.3 Å². The van der Waals surface area contributed by atoms with Crippen molar-refractivity contribution in [3.05, 3.63) is 66.7 Å². The molecule has 7 nitrogen and oxygen atoms in total. The van der Waals surface area contributed by atoms with Crippen molar-refractivity contribution < 1.29 is 31.1 Å². The summed E-state index contributed by atoms with van der Waals surface area (Å²) in [4.78, 5) is 30.7. The zero-order valence-corrected chi connectivity index (χ0v) is 28.1. The highest BCUT2D eigenvalue weighted by Crippen LogP contribution is 2.34. The molecule has 0 spiro atoms. The molecule has 238 valence electrons. The van der Waals surface area contributed by atoms with Gasteiger partial charge in [0, 0.05) is 54.3 Å². The molecule has 4 aromatic rings. The van der Waals surface area contributed by atoms with Gasteiger partial charge in [-0.1, -0.05) is 37.1 Å². The first-order valence-corrected chi connectivity index (χ1v) is 16.6. The van der Waals surface area contributed by atoms with Crippen LogP contribution in [0.5, 0.6) is 0 Å². The number of aromatic nitrogens is 1. The summed E-state index contributed by atoms with van der Waals surface area (Å²) in [7, 11) is 0. The van der Waals surface area contributed by atoms with Gasteiger partial charge in [0.1, 0.15) is 6.54 Å². The first kappa shape index (κ1) is 33.0. The summed E-state index contributed by atoms with van der Waals surface area (Å²) in [6, 6.07) is 23.0. The van der Waals surface area contributed by atoms with Gasteiger partial charge >= 0.3 is 0 Å². The third-order valence-corrected chi connectivity index (χ3v) is 9.26. The second-order valence-corrected chi connectivity index (χ2v) is 12.4. The number of nitrogens with one attached hydrogen (secondary N) is 2. The van der Waals surface area contributed by atoms with E-state index in [-0.39, 0.29) is 28.8 Å². The number of carbonyl (C=O) groups is 2. The molecule has 2 saturated heterocycles. The van der Waals surface area contributed by atoms with Gasteiger partial charge in [0.25, 0.3) is 0 Å². The van der Waals surface area contributed by atoms with Crippen molar-refractivity contribution in [3.63, 3.8) is 0 Å². The lowest BCUT2D eigenvalue weighted by Gasteiger charge is -2.26. The molecule has 2 N–H and O–H groups in total. The van der Waals surface area contributed by atoms with Gasteiger partial charge in [0.15, 0.2) is 0 Å². The second kappa shape index (κ2) is 15.8. The highest BCUT2D eigenvalue weighted by atomic mass is 79.9. The molecule has 3 aromatic carbocycles. The number of hydrogen-bond acceptors (Lipinski definition) is 4. The molecule has 0 unspecified atom stereocenters. The Morgan fingerprint density at radius 1 is 0.667 bits per heavy atom. The SMILES string of the molecule is CC[n+]1c(-c2ccccc2)c2cc(NC(=O)CCN3CCCCC3)ccc2c2ccc(NC(=O)CCN3CCCCC3)cc21.[Br-]. The Labute approximate surface area is 277 Å². The lowest BCUT2D eigenvalue weighted by atomic mass is 9.98. The van der Waals surface area contributed by atoms with Crippen LogP contribution in [0.4, 0.5) is 11.4 Å². The standard InChI is InChI=1S/C37H45N5O2.BrH/c1-2-42-34-27-30(39-36(44)19-25-41-22-10-5-11-23-41)15-17-32(34)31-16-14-29(26-33(31)37(42)28-12-6-3-7-13-28)38-35(43)18-24-40-20-8-4-9-21-40;/h3,6-7,12-17,26-27H,2,4-5,8-11,18-25H2,1H3,(H,38,43);1H. The van der Waals surface area contributed by atoms with Crippen molar-refractivity contribution in [2.75, 3.05) is 49.9 Å². The molecule has 2 aliphatic heterocycles. The van der Waals surface area contributed by atoms with E-state index in [2.05, 4.69) is 80.5 Å². The molecule has 8 heteroatoms. The fraction of sp³-hybridized carbons (Fsp3) is 0.432. The summed E-state index contributed by atoms with van der Waals surface area (Å²) in [6.07, 6.45) is 8.52. The smallest absolute Gasteiger partial charge is 0.225 e. The Kier molecular flexibility index (Phi) is 11.6. The van der Waals surface area contributed by atoms with Gasteiger partial charge in [-0.15, -0.1) is 0 Å². The van der Waals surface area contributed by atoms with Gasteiger partial charge in [0.05, 0.1) is 10.8 Å². The van der Waals surface area contributed by atoms with E-state index in [1.165, 1.54) is 38.5 Å². The molecule has 3 heterocycles. The van der Waals surface area contributed by atoms with Crippen LogP contribution in [0.15, 0.2) is 66.7 Å². The zero-order valence-electron chi connectivity index (χ0n) is 26.5. The van der Waals surface area contributed by atoms with Crippen LogP contribution in [0.3, 0.4) is 0 Å². The van der Waals surface area contributed by atoms with Crippen molar-refractivity contribution in [3.8, 4) is 11.3 Å². The number of aryl methyl sites for hydroxylation is 1. The van der Waals surface area contributed by atoms with E-state index in [0.29, 0.717) is 12.8 Å². The summed E-state index contributed by atoms with van der Waals surface area (Å²) in [5.74, 6) is 0.115. The number of benzene rings is 3. The molecule has 0 aliphatic carbocycles. The van der Waals surface area contributed by atoms with Crippen LogP contribution < -0.4 is 32.2 Å². The number of pyridine rings is 1. The van der Waals surface area contributed by atoms with E-state index < -0.39 is 0 Å². The molecule has 2 aliphatic rings. The first-order chi connectivity index (χ1) is 21.6. The summed E-state index contributed by atoms with van der Waals surface area (Å²) < 4.78 is 2.33. The molecular formula is C37H46BrN5O2. The average Bonchev–Trinajstić information content (AvgIpc) is 3.07. The van der Waals surface area contributed by atoms with Crippen LogP contribution in [0, 0.1) is 0 Å². The van der Waals surface area contributed by atoms with Crippen LogP contribution in [-0.4, -0.2) is 60.9 Å². The Morgan fingerprint density at radius 3 is 1.76 bits per heavy atom. The van der Waals surface area contributed by atoms with Crippen LogP contribution in [0.25, 0.3) is 32.9 Å². The van der Waals surface area contributed by atoms with Crippen molar-refractivity contribution in [2.24, 2.45) is 0 Å². The van der Waals surface area contributed by atoms with E-state index in [4.69, 9.17) is 0 Å². The zero-order chi connectivity index (χ0) is 30.3. The highest BCUT2D eigenvalue weighted by Gasteiger charge is 2.24. The largest absolute Gasteiger partial charge is 1.00 e. The number of likely N-dealkylation sites (tertiary alicyclic amines) is 2. The number of amides is 2. The van der Waals surface area contributed by atoms with Crippen LogP contribution in [0.2, 0.25) is 0 Å². The van der Waals surface area contributed by atoms with Crippen LogP contribution >= 0.6 is 0 Å². The Hall–Kier alpha value is -3.33. The predicted octanol–water partition coefficient (Wildman–Crippen LogP) is 3.60. The quantitative estimate of drug-likeness (QED) is 0.200. The number of fused-ring (bicyclic) bond motifs is 3. The van der Waals surface area contributed by atoms with E-state index in [9.17, 15) is 9.59 Å².